The largest absolute Gasteiger partial charge is 0.508 e. The Kier molecular flexibility index (Phi) is 5.16. The van der Waals surface area contributed by atoms with Gasteiger partial charge in [0.2, 0.25) is 0 Å². The summed E-state index contributed by atoms with van der Waals surface area (Å²) in [6.45, 7) is 2.24. The number of carbonyl (C=O) groups excluding carboxylic acids is 1. The van der Waals surface area contributed by atoms with E-state index in [1.165, 1.54) is 0 Å². The molecule has 5 rings (SSSR count). The first-order valence-corrected chi connectivity index (χ1v) is 10.8. The molecule has 0 saturated heterocycles. The zero-order chi connectivity index (χ0) is 22.2. The van der Waals surface area contributed by atoms with Crippen LogP contribution in [0, 0.1) is 0 Å². The number of anilines is 1. The molecule has 1 N–H and O–H groups in total. The average Bonchev–Trinajstić information content (AvgIpc) is 2.90. The van der Waals surface area contributed by atoms with Crippen LogP contribution in [0.15, 0.2) is 89.9 Å². The summed E-state index contributed by atoms with van der Waals surface area (Å²) in [4.78, 5) is 20.0. The average molecular weight is 441 g/mol. The number of carbonyl (C=O) groups is 1. The van der Waals surface area contributed by atoms with Crippen LogP contribution >= 0.6 is 11.6 Å². The fourth-order valence-corrected chi connectivity index (χ4v) is 4.30. The lowest BCUT2D eigenvalue weighted by atomic mass is 9.99. The van der Waals surface area contributed by atoms with Gasteiger partial charge in [0.25, 0.3) is 5.91 Å². The van der Waals surface area contributed by atoms with Crippen LogP contribution in [-0.4, -0.2) is 22.8 Å². The van der Waals surface area contributed by atoms with Gasteiger partial charge in [-0.25, -0.2) is 0 Å². The lowest BCUT2D eigenvalue weighted by Crippen LogP contribution is -2.36. The van der Waals surface area contributed by atoms with Crippen LogP contribution in [0.25, 0.3) is 10.8 Å². The highest BCUT2D eigenvalue weighted by Crippen LogP contribution is 2.32. The molecule has 5 heteroatoms. The van der Waals surface area contributed by atoms with Gasteiger partial charge >= 0.3 is 0 Å². The summed E-state index contributed by atoms with van der Waals surface area (Å²) in [7, 11) is 0. The van der Waals surface area contributed by atoms with Gasteiger partial charge in [-0.15, -0.1) is 0 Å². The zero-order valence-corrected chi connectivity index (χ0v) is 18.3. The molecule has 4 aromatic carbocycles. The van der Waals surface area contributed by atoms with E-state index < -0.39 is 6.04 Å². The van der Waals surface area contributed by atoms with E-state index >= 15 is 0 Å². The van der Waals surface area contributed by atoms with Crippen molar-refractivity contribution in [1.82, 2.24) is 0 Å². The Morgan fingerprint density at radius 2 is 1.69 bits per heavy atom. The van der Waals surface area contributed by atoms with Crippen LogP contribution in [0.2, 0.25) is 5.02 Å². The van der Waals surface area contributed by atoms with Crippen LogP contribution < -0.4 is 4.90 Å². The first kappa shape index (κ1) is 20.3. The number of halogens is 1. The molecule has 32 heavy (non-hydrogen) atoms. The molecular weight excluding hydrogens is 420 g/mol. The number of hydrogen-bond donors (Lipinski definition) is 1. The van der Waals surface area contributed by atoms with E-state index in [-0.39, 0.29) is 11.7 Å². The molecule has 1 unspecified atom stereocenters. The molecule has 1 aliphatic heterocycles. The number of hydrogen-bond acceptors (Lipinski definition) is 3. The standard InChI is InChI=1S/C27H21ClN2O2/c1-17-27(32)30(16-18-6-7-19-4-2-3-5-21(19)14-18)25-13-10-22(28)15-24(25)26(29-17)20-8-11-23(31)12-9-20/h2-15,17,31H,16H2,1H3. The monoisotopic (exact) mass is 440 g/mol. The molecule has 0 aromatic heterocycles. The van der Waals surface area contributed by atoms with Gasteiger partial charge in [-0.2, -0.15) is 0 Å². The van der Waals surface area contributed by atoms with Gasteiger partial charge in [0, 0.05) is 16.1 Å². The Labute approximate surface area is 191 Å². The minimum Gasteiger partial charge on any atom is -0.508 e. The first-order valence-electron chi connectivity index (χ1n) is 10.5. The molecule has 4 nitrogen and oxygen atoms in total. The van der Waals surface area contributed by atoms with Crippen molar-refractivity contribution in [3.05, 3.63) is 107 Å². The van der Waals surface area contributed by atoms with Crippen molar-refractivity contribution in [2.75, 3.05) is 4.90 Å². The zero-order valence-electron chi connectivity index (χ0n) is 17.5. The highest BCUT2D eigenvalue weighted by molar-refractivity contribution is 6.32. The van der Waals surface area contributed by atoms with E-state index in [4.69, 9.17) is 16.6 Å². The summed E-state index contributed by atoms with van der Waals surface area (Å²) in [5.41, 5.74) is 4.10. The molecule has 1 atom stereocenters. The molecule has 1 heterocycles. The predicted octanol–water partition coefficient (Wildman–Crippen LogP) is 5.97. The van der Waals surface area contributed by atoms with Gasteiger partial charge in [-0.3, -0.25) is 9.79 Å². The van der Waals surface area contributed by atoms with Gasteiger partial charge in [-0.05, 0) is 71.8 Å². The van der Waals surface area contributed by atoms with Gasteiger partial charge in [0.05, 0.1) is 17.9 Å². The molecule has 158 valence electrons. The number of phenols is 1. The van der Waals surface area contributed by atoms with Crippen molar-refractivity contribution in [2.45, 2.75) is 19.5 Å². The van der Waals surface area contributed by atoms with E-state index in [9.17, 15) is 9.90 Å². The minimum absolute atomic E-state index is 0.0736. The predicted molar refractivity (Wildman–Crippen MR) is 130 cm³/mol. The second-order valence-electron chi connectivity index (χ2n) is 7.97. The smallest absolute Gasteiger partial charge is 0.251 e. The lowest BCUT2D eigenvalue weighted by molar-refractivity contribution is -0.119. The number of aromatic hydroxyl groups is 1. The second-order valence-corrected chi connectivity index (χ2v) is 8.40. The SMILES string of the molecule is CC1N=C(c2ccc(O)cc2)c2cc(Cl)ccc2N(Cc2ccc3ccccc3c2)C1=O. The van der Waals surface area contributed by atoms with Crippen molar-refractivity contribution in [2.24, 2.45) is 4.99 Å². The number of benzodiazepines with no additional fused rings is 1. The highest BCUT2D eigenvalue weighted by atomic mass is 35.5. The van der Waals surface area contributed by atoms with E-state index in [1.54, 1.807) is 35.2 Å². The number of nitrogens with zero attached hydrogens (tertiary/aromatic N) is 2. The van der Waals surface area contributed by atoms with Crippen LogP contribution in [-0.2, 0) is 11.3 Å². The molecule has 4 aromatic rings. The van der Waals surface area contributed by atoms with Crippen LogP contribution in [0.1, 0.15) is 23.6 Å². The van der Waals surface area contributed by atoms with Crippen molar-refractivity contribution in [3.63, 3.8) is 0 Å². The molecule has 0 bridgehead atoms. The second kappa shape index (κ2) is 8.13. The fraction of sp³-hybridized carbons (Fsp3) is 0.111. The van der Waals surface area contributed by atoms with Crippen molar-refractivity contribution in [3.8, 4) is 5.75 Å². The minimum atomic E-state index is -0.564. The number of phenolic OH excluding ortho intramolecular Hbond substituents is 1. The molecule has 0 spiro atoms. The Morgan fingerprint density at radius 1 is 0.938 bits per heavy atom. The molecule has 1 aliphatic rings. The maximum Gasteiger partial charge on any atom is 0.251 e. The number of amides is 1. The van der Waals surface area contributed by atoms with Gasteiger partial charge in [-0.1, -0.05) is 48.0 Å². The van der Waals surface area contributed by atoms with E-state index in [0.717, 1.165) is 33.2 Å². The Balaban J connectivity index is 1.62. The van der Waals surface area contributed by atoms with Crippen molar-refractivity contribution in [1.29, 1.82) is 0 Å². The normalized spacial score (nSPS) is 15.9. The van der Waals surface area contributed by atoms with E-state index in [1.807, 2.05) is 31.2 Å². The highest BCUT2D eigenvalue weighted by Gasteiger charge is 2.30. The third kappa shape index (κ3) is 3.74. The van der Waals surface area contributed by atoms with Gasteiger partial charge in [0.15, 0.2) is 0 Å². The number of fused-ring (bicyclic) bond motifs is 2. The Bertz CT molecular complexity index is 1360. The summed E-state index contributed by atoms with van der Waals surface area (Å²) < 4.78 is 0. The molecular formula is C27H21ClN2O2. The number of aliphatic imine (C=N–C) groups is 1. The van der Waals surface area contributed by atoms with Gasteiger partial charge in [0.1, 0.15) is 11.8 Å². The molecule has 0 aliphatic carbocycles. The number of benzene rings is 4. The topological polar surface area (TPSA) is 52.9 Å². The maximum absolute atomic E-state index is 13.4. The summed E-state index contributed by atoms with van der Waals surface area (Å²) in [6.07, 6.45) is 0. The summed E-state index contributed by atoms with van der Waals surface area (Å²) in [5, 5.41) is 12.6. The van der Waals surface area contributed by atoms with Gasteiger partial charge < -0.3 is 10.0 Å². The third-order valence-corrected chi connectivity index (χ3v) is 5.98. The van der Waals surface area contributed by atoms with Crippen LogP contribution in [0.3, 0.4) is 0 Å². The quantitative estimate of drug-likeness (QED) is 0.426. The van der Waals surface area contributed by atoms with Crippen LogP contribution in [0.5, 0.6) is 5.75 Å². The number of rotatable bonds is 3. The van der Waals surface area contributed by atoms with Crippen LogP contribution in [0.4, 0.5) is 5.69 Å². The summed E-state index contributed by atoms with van der Waals surface area (Å²) >= 11 is 6.36. The summed E-state index contributed by atoms with van der Waals surface area (Å²) in [6, 6.07) is 26.2. The molecule has 1 amide bonds. The lowest BCUT2D eigenvalue weighted by Gasteiger charge is -2.25. The first-order chi connectivity index (χ1) is 15.5. The maximum atomic E-state index is 13.4. The Morgan fingerprint density at radius 3 is 2.47 bits per heavy atom. The fourth-order valence-electron chi connectivity index (χ4n) is 4.13. The summed E-state index contributed by atoms with van der Waals surface area (Å²) in [5.74, 6) is 0.104. The third-order valence-electron chi connectivity index (χ3n) is 5.75. The Hall–Kier alpha value is -3.63. The molecule has 0 radical (unpaired) electrons. The molecule has 0 fully saturated rings. The van der Waals surface area contributed by atoms with E-state index in [0.29, 0.717) is 17.3 Å². The van der Waals surface area contributed by atoms with Crippen molar-refractivity contribution < 1.29 is 9.90 Å². The van der Waals surface area contributed by atoms with E-state index in [2.05, 4.69) is 30.3 Å². The van der Waals surface area contributed by atoms with Crippen molar-refractivity contribution >= 4 is 39.7 Å². The molecule has 0 saturated carbocycles.